The average Bonchev–Trinajstić information content (AvgIpc) is 2.76. The summed E-state index contributed by atoms with van der Waals surface area (Å²) >= 11 is 8.50. The van der Waals surface area contributed by atoms with Gasteiger partial charge in [0.15, 0.2) is 6.04 Å². The molecule has 1 aromatic heterocycles. The van der Waals surface area contributed by atoms with Gasteiger partial charge >= 0.3 is 5.97 Å². The minimum absolute atomic E-state index is 0.272. The Morgan fingerprint density at radius 2 is 2.14 bits per heavy atom. The summed E-state index contributed by atoms with van der Waals surface area (Å²) in [4.78, 5) is 14.3. The zero-order valence-corrected chi connectivity index (χ0v) is 15.6. The fourth-order valence-electron chi connectivity index (χ4n) is 1.84. The molecule has 2 rings (SSSR count). The molecule has 0 saturated heterocycles. The van der Waals surface area contributed by atoms with Gasteiger partial charge in [-0.25, -0.2) is 4.79 Å². The number of hydrogen-bond acceptors (Lipinski definition) is 4. The highest BCUT2D eigenvalue weighted by molar-refractivity contribution is 9.10. The van der Waals surface area contributed by atoms with Crippen LogP contribution in [0.1, 0.15) is 22.7 Å². The fraction of sp³-hybridized carbons (Fsp3) is 0.267. The number of benzene rings is 1. The van der Waals surface area contributed by atoms with Crippen molar-refractivity contribution in [3.05, 3.63) is 49.0 Å². The van der Waals surface area contributed by atoms with Gasteiger partial charge in [0.05, 0.1) is 6.61 Å². The molecule has 0 fully saturated rings. The second-order valence-electron chi connectivity index (χ2n) is 4.39. The lowest BCUT2D eigenvalue weighted by atomic mass is 10.2. The Morgan fingerprint density at radius 3 is 2.71 bits per heavy atom. The smallest absolute Gasteiger partial charge is 0.334 e. The first kappa shape index (κ1) is 16.5. The molecule has 0 spiro atoms. The van der Waals surface area contributed by atoms with Gasteiger partial charge in [-0.15, -0.1) is 11.3 Å². The molecular weight excluding hydrogens is 418 g/mol. The Balaban J connectivity index is 2.30. The minimum atomic E-state index is -0.505. The summed E-state index contributed by atoms with van der Waals surface area (Å²) in [6.07, 6.45) is 0. The largest absolute Gasteiger partial charge is 0.464 e. The van der Waals surface area contributed by atoms with Gasteiger partial charge in [-0.1, -0.05) is 22.0 Å². The van der Waals surface area contributed by atoms with Crippen LogP contribution in [-0.2, 0) is 9.53 Å². The molecule has 0 aliphatic heterocycles. The van der Waals surface area contributed by atoms with Crippen molar-refractivity contribution >= 4 is 54.9 Å². The highest BCUT2D eigenvalue weighted by Crippen LogP contribution is 2.33. The van der Waals surface area contributed by atoms with E-state index in [0.717, 1.165) is 24.4 Å². The molecule has 0 saturated carbocycles. The molecule has 0 aliphatic rings. The van der Waals surface area contributed by atoms with E-state index in [1.54, 1.807) is 11.3 Å². The lowest BCUT2D eigenvalue weighted by molar-refractivity contribution is -0.144. The average molecular weight is 433 g/mol. The van der Waals surface area contributed by atoms with E-state index in [2.05, 4.69) is 37.2 Å². The number of ether oxygens (including phenoxy) is 1. The Bertz CT molecular complexity index is 623. The van der Waals surface area contributed by atoms with E-state index in [1.807, 2.05) is 44.2 Å². The molecular formula is C15H15Br2NO2S. The Labute approximate surface area is 145 Å². The number of rotatable bonds is 5. The zero-order valence-electron chi connectivity index (χ0n) is 11.7. The predicted molar refractivity (Wildman–Crippen MR) is 93.9 cm³/mol. The first-order valence-corrected chi connectivity index (χ1v) is 8.86. The van der Waals surface area contributed by atoms with E-state index in [9.17, 15) is 4.79 Å². The standard InChI is InChI=1S/C15H15Br2NO2S/c1-3-20-15(19)14(13-8-12(17)9(2)21-13)18-11-6-4-5-10(16)7-11/h4-8,14,18H,3H2,1-2H3. The Morgan fingerprint density at radius 1 is 1.38 bits per heavy atom. The maximum atomic E-state index is 12.2. The third-order valence-electron chi connectivity index (χ3n) is 2.82. The summed E-state index contributed by atoms with van der Waals surface area (Å²) < 4.78 is 7.15. The van der Waals surface area contributed by atoms with Gasteiger partial charge in [-0.2, -0.15) is 0 Å². The normalized spacial score (nSPS) is 12.0. The summed E-state index contributed by atoms with van der Waals surface area (Å²) in [5.74, 6) is -0.272. The maximum Gasteiger partial charge on any atom is 0.334 e. The van der Waals surface area contributed by atoms with Crippen LogP contribution in [-0.4, -0.2) is 12.6 Å². The van der Waals surface area contributed by atoms with Crippen molar-refractivity contribution < 1.29 is 9.53 Å². The van der Waals surface area contributed by atoms with Crippen LogP contribution in [0.3, 0.4) is 0 Å². The highest BCUT2D eigenvalue weighted by Gasteiger charge is 2.24. The number of aryl methyl sites for hydroxylation is 1. The van der Waals surface area contributed by atoms with Crippen molar-refractivity contribution in [3.63, 3.8) is 0 Å². The molecule has 6 heteroatoms. The monoisotopic (exact) mass is 431 g/mol. The molecule has 3 nitrogen and oxygen atoms in total. The van der Waals surface area contributed by atoms with Gasteiger partial charge in [0, 0.05) is 24.4 Å². The topological polar surface area (TPSA) is 38.3 Å². The van der Waals surface area contributed by atoms with Gasteiger partial charge in [-0.3, -0.25) is 0 Å². The third-order valence-corrected chi connectivity index (χ3v) is 5.51. The van der Waals surface area contributed by atoms with Gasteiger partial charge in [-0.05, 0) is 54.0 Å². The molecule has 1 heterocycles. The Hall–Kier alpha value is -0.850. The van der Waals surface area contributed by atoms with Gasteiger partial charge in [0.25, 0.3) is 0 Å². The van der Waals surface area contributed by atoms with Crippen LogP contribution in [0.25, 0.3) is 0 Å². The molecule has 1 aromatic carbocycles. The summed E-state index contributed by atoms with van der Waals surface area (Å²) in [6, 6.07) is 9.18. The second kappa shape index (κ2) is 7.42. The fourth-order valence-corrected chi connectivity index (χ4v) is 3.84. The number of carbonyl (C=O) groups excluding carboxylic acids is 1. The summed E-state index contributed by atoms with van der Waals surface area (Å²) in [5.41, 5.74) is 0.865. The number of carbonyl (C=O) groups is 1. The lowest BCUT2D eigenvalue weighted by Gasteiger charge is -2.17. The van der Waals surface area contributed by atoms with Crippen LogP contribution in [0.2, 0.25) is 0 Å². The van der Waals surface area contributed by atoms with Crippen molar-refractivity contribution in [2.24, 2.45) is 0 Å². The molecule has 0 aliphatic carbocycles. The summed E-state index contributed by atoms with van der Waals surface area (Å²) in [6.45, 7) is 4.18. The number of anilines is 1. The van der Waals surface area contributed by atoms with Crippen molar-refractivity contribution in [1.82, 2.24) is 0 Å². The van der Waals surface area contributed by atoms with Crippen molar-refractivity contribution in [1.29, 1.82) is 0 Å². The van der Waals surface area contributed by atoms with E-state index in [1.165, 1.54) is 0 Å². The molecule has 2 aromatic rings. The van der Waals surface area contributed by atoms with Crippen molar-refractivity contribution in [3.8, 4) is 0 Å². The number of nitrogens with one attached hydrogen (secondary N) is 1. The maximum absolute atomic E-state index is 12.2. The van der Waals surface area contributed by atoms with E-state index >= 15 is 0 Å². The molecule has 1 unspecified atom stereocenters. The van der Waals surface area contributed by atoms with Crippen molar-refractivity contribution in [2.75, 3.05) is 11.9 Å². The predicted octanol–water partition coefficient (Wildman–Crippen LogP) is 5.30. The number of esters is 1. The van der Waals surface area contributed by atoms with E-state index in [0.29, 0.717) is 6.61 Å². The van der Waals surface area contributed by atoms with Crippen LogP contribution in [0.5, 0.6) is 0 Å². The number of halogens is 2. The quantitative estimate of drug-likeness (QED) is 0.651. The van der Waals surface area contributed by atoms with Crippen LogP contribution in [0.15, 0.2) is 39.3 Å². The summed E-state index contributed by atoms with van der Waals surface area (Å²) in [7, 11) is 0. The molecule has 21 heavy (non-hydrogen) atoms. The summed E-state index contributed by atoms with van der Waals surface area (Å²) in [5, 5.41) is 3.25. The molecule has 1 N–H and O–H groups in total. The molecule has 1 atom stereocenters. The molecule has 112 valence electrons. The highest BCUT2D eigenvalue weighted by atomic mass is 79.9. The van der Waals surface area contributed by atoms with E-state index in [4.69, 9.17) is 4.74 Å². The van der Waals surface area contributed by atoms with Gasteiger partial charge < -0.3 is 10.1 Å². The van der Waals surface area contributed by atoms with Gasteiger partial charge in [0.2, 0.25) is 0 Å². The van der Waals surface area contributed by atoms with Crippen molar-refractivity contribution in [2.45, 2.75) is 19.9 Å². The molecule has 0 radical (unpaired) electrons. The third kappa shape index (κ3) is 4.31. The van der Waals surface area contributed by atoms with Gasteiger partial charge in [0.1, 0.15) is 0 Å². The minimum Gasteiger partial charge on any atom is -0.464 e. The number of thiophene rings is 1. The Kier molecular flexibility index (Phi) is 5.84. The van der Waals surface area contributed by atoms with Crippen LogP contribution in [0.4, 0.5) is 5.69 Å². The van der Waals surface area contributed by atoms with E-state index < -0.39 is 6.04 Å². The van der Waals surface area contributed by atoms with E-state index in [-0.39, 0.29) is 5.97 Å². The first-order valence-electron chi connectivity index (χ1n) is 6.45. The second-order valence-corrected chi connectivity index (χ2v) is 7.45. The zero-order chi connectivity index (χ0) is 15.4. The SMILES string of the molecule is CCOC(=O)C(Nc1cccc(Br)c1)c1cc(Br)c(C)s1. The number of hydrogen-bond donors (Lipinski definition) is 1. The van der Waals surface area contributed by atoms with Crippen LogP contribution < -0.4 is 5.32 Å². The van der Waals surface area contributed by atoms with Crippen LogP contribution >= 0.6 is 43.2 Å². The first-order chi connectivity index (χ1) is 10.0. The lowest BCUT2D eigenvalue weighted by Crippen LogP contribution is -2.22. The molecule has 0 bridgehead atoms. The van der Waals surface area contributed by atoms with Crippen LogP contribution in [0, 0.1) is 6.92 Å². The molecule has 0 amide bonds.